The van der Waals surface area contributed by atoms with Gasteiger partial charge in [0.25, 0.3) is 0 Å². The molecule has 0 atom stereocenters. The first-order valence-electron chi connectivity index (χ1n) is 4.08. The number of likely N-dealkylation sites (N-methyl/N-ethyl adjacent to an activating group) is 1. The highest BCUT2D eigenvalue weighted by atomic mass is 15.1. The highest BCUT2D eigenvalue weighted by molar-refractivity contribution is 5.32. The molecule has 0 aliphatic carbocycles. The Bertz CT molecular complexity index is 199. The second kappa shape index (κ2) is 4.02. The third kappa shape index (κ3) is 2.62. The van der Waals surface area contributed by atoms with E-state index >= 15 is 0 Å². The summed E-state index contributed by atoms with van der Waals surface area (Å²) in [6, 6.07) is 0. The maximum Gasteiger partial charge on any atom is 0.0354 e. The second-order valence-corrected chi connectivity index (χ2v) is 2.78. The van der Waals surface area contributed by atoms with E-state index in [0.717, 1.165) is 13.0 Å². The molecule has 0 amide bonds. The van der Waals surface area contributed by atoms with Crippen LogP contribution in [-0.2, 0) is 0 Å². The maximum absolute atomic E-state index is 2.18. The Hall–Kier alpha value is -0.980. The third-order valence-corrected chi connectivity index (χ3v) is 1.62. The minimum atomic E-state index is 1.03. The summed E-state index contributed by atoms with van der Waals surface area (Å²) < 4.78 is 0. The van der Waals surface area contributed by atoms with Crippen LogP contribution < -0.4 is 0 Å². The quantitative estimate of drug-likeness (QED) is 0.582. The summed E-state index contributed by atoms with van der Waals surface area (Å²) in [5.74, 6) is 0. The highest BCUT2D eigenvalue weighted by Crippen LogP contribution is 2.06. The SMILES string of the molecule is CC/C=C/C1=CN(C)CC=C1. The van der Waals surface area contributed by atoms with E-state index < -0.39 is 0 Å². The van der Waals surface area contributed by atoms with Crippen LogP contribution in [0.2, 0.25) is 0 Å². The Morgan fingerprint density at radius 1 is 1.64 bits per heavy atom. The van der Waals surface area contributed by atoms with Crippen LogP contribution in [-0.4, -0.2) is 18.5 Å². The maximum atomic E-state index is 2.18. The fourth-order valence-corrected chi connectivity index (χ4v) is 1.06. The van der Waals surface area contributed by atoms with Gasteiger partial charge in [-0.2, -0.15) is 0 Å². The lowest BCUT2D eigenvalue weighted by Crippen LogP contribution is -2.13. The molecule has 0 aromatic heterocycles. The lowest BCUT2D eigenvalue weighted by Gasteiger charge is -2.15. The average Bonchev–Trinajstić information content (AvgIpc) is 2.01. The zero-order valence-electron chi connectivity index (χ0n) is 7.25. The Kier molecular flexibility index (Phi) is 2.96. The van der Waals surface area contributed by atoms with Gasteiger partial charge in [0.2, 0.25) is 0 Å². The summed E-state index contributed by atoms with van der Waals surface area (Å²) in [6.07, 6.45) is 11.9. The van der Waals surface area contributed by atoms with Gasteiger partial charge in [-0.1, -0.05) is 31.2 Å². The molecule has 0 fully saturated rings. The number of nitrogens with zero attached hydrogens (tertiary/aromatic N) is 1. The molecule has 0 bridgehead atoms. The normalized spacial score (nSPS) is 17.6. The summed E-state index contributed by atoms with van der Waals surface area (Å²) >= 11 is 0. The van der Waals surface area contributed by atoms with Crippen LogP contribution in [0.5, 0.6) is 0 Å². The lowest BCUT2D eigenvalue weighted by molar-refractivity contribution is 0.502. The van der Waals surface area contributed by atoms with Gasteiger partial charge < -0.3 is 4.90 Å². The molecule has 0 aromatic rings. The molecular formula is C10H15N. The van der Waals surface area contributed by atoms with E-state index in [1.165, 1.54) is 5.57 Å². The van der Waals surface area contributed by atoms with Crippen LogP contribution in [0.4, 0.5) is 0 Å². The van der Waals surface area contributed by atoms with E-state index in [4.69, 9.17) is 0 Å². The zero-order valence-corrected chi connectivity index (χ0v) is 7.25. The first-order chi connectivity index (χ1) is 5.33. The van der Waals surface area contributed by atoms with Crippen molar-refractivity contribution in [1.82, 2.24) is 4.90 Å². The van der Waals surface area contributed by atoms with Crippen LogP contribution in [0.3, 0.4) is 0 Å². The molecule has 60 valence electrons. The van der Waals surface area contributed by atoms with Gasteiger partial charge in [-0.3, -0.25) is 0 Å². The molecule has 0 spiro atoms. The van der Waals surface area contributed by atoms with Crippen molar-refractivity contribution in [3.05, 3.63) is 36.1 Å². The van der Waals surface area contributed by atoms with Gasteiger partial charge in [-0.25, -0.2) is 0 Å². The molecule has 1 heterocycles. The highest BCUT2D eigenvalue weighted by Gasteiger charge is 1.95. The number of hydrogen-bond donors (Lipinski definition) is 0. The number of allylic oxidation sites excluding steroid dienone is 4. The predicted molar refractivity (Wildman–Crippen MR) is 49.3 cm³/mol. The van der Waals surface area contributed by atoms with Crippen molar-refractivity contribution >= 4 is 0 Å². The van der Waals surface area contributed by atoms with Gasteiger partial charge in [-0.05, 0) is 12.0 Å². The molecule has 0 aromatic carbocycles. The molecule has 0 saturated heterocycles. The zero-order chi connectivity index (χ0) is 8.10. The van der Waals surface area contributed by atoms with E-state index in [0.29, 0.717) is 0 Å². The van der Waals surface area contributed by atoms with Crippen molar-refractivity contribution in [1.29, 1.82) is 0 Å². The van der Waals surface area contributed by atoms with Crippen molar-refractivity contribution in [3.8, 4) is 0 Å². The van der Waals surface area contributed by atoms with Crippen LogP contribution >= 0.6 is 0 Å². The largest absolute Gasteiger partial charge is 0.376 e. The van der Waals surface area contributed by atoms with Crippen molar-refractivity contribution < 1.29 is 0 Å². The molecule has 1 nitrogen and oxygen atoms in total. The van der Waals surface area contributed by atoms with Crippen molar-refractivity contribution in [2.45, 2.75) is 13.3 Å². The third-order valence-electron chi connectivity index (χ3n) is 1.62. The molecule has 1 aliphatic heterocycles. The van der Waals surface area contributed by atoms with E-state index in [1.807, 2.05) is 0 Å². The number of rotatable bonds is 2. The minimum Gasteiger partial charge on any atom is -0.376 e. The number of hydrogen-bond acceptors (Lipinski definition) is 1. The van der Waals surface area contributed by atoms with Crippen LogP contribution in [0, 0.1) is 0 Å². The van der Waals surface area contributed by atoms with Gasteiger partial charge in [-0.15, -0.1) is 0 Å². The summed E-state index contributed by atoms with van der Waals surface area (Å²) in [6.45, 7) is 3.18. The predicted octanol–water partition coefficient (Wildman–Crippen LogP) is 2.34. The minimum absolute atomic E-state index is 1.03. The summed E-state index contributed by atoms with van der Waals surface area (Å²) in [7, 11) is 2.09. The molecule has 0 saturated carbocycles. The Morgan fingerprint density at radius 2 is 2.45 bits per heavy atom. The van der Waals surface area contributed by atoms with E-state index in [-0.39, 0.29) is 0 Å². The van der Waals surface area contributed by atoms with E-state index in [2.05, 4.69) is 49.4 Å². The van der Waals surface area contributed by atoms with Gasteiger partial charge in [0.05, 0.1) is 0 Å². The van der Waals surface area contributed by atoms with Gasteiger partial charge in [0, 0.05) is 19.8 Å². The van der Waals surface area contributed by atoms with Gasteiger partial charge >= 0.3 is 0 Å². The smallest absolute Gasteiger partial charge is 0.0354 e. The topological polar surface area (TPSA) is 3.24 Å². The van der Waals surface area contributed by atoms with E-state index in [1.54, 1.807) is 0 Å². The molecule has 11 heavy (non-hydrogen) atoms. The van der Waals surface area contributed by atoms with Crippen LogP contribution in [0.25, 0.3) is 0 Å². The summed E-state index contributed by atoms with van der Waals surface area (Å²) in [4.78, 5) is 2.18. The van der Waals surface area contributed by atoms with Gasteiger partial charge in [0.1, 0.15) is 0 Å². The Morgan fingerprint density at radius 3 is 3.09 bits per heavy atom. The lowest BCUT2D eigenvalue weighted by atomic mass is 10.2. The fourth-order valence-electron chi connectivity index (χ4n) is 1.06. The first-order valence-corrected chi connectivity index (χ1v) is 4.08. The second-order valence-electron chi connectivity index (χ2n) is 2.78. The molecule has 0 radical (unpaired) electrons. The molecule has 1 heteroatoms. The van der Waals surface area contributed by atoms with E-state index in [9.17, 15) is 0 Å². The van der Waals surface area contributed by atoms with Gasteiger partial charge in [0.15, 0.2) is 0 Å². The standard InChI is InChI=1S/C10H15N/c1-3-4-6-10-7-5-8-11(2)9-10/h4-7,9H,3,8H2,1-2H3/b6-4+. The average molecular weight is 149 g/mol. The molecular weight excluding hydrogens is 134 g/mol. The fraction of sp³-hybridized carbons (Fsp3) is 0.400. The van der Waals surface area contributed by atoms with Crippen LogP contribution in [0.1, 0.15) is 13.3 Å². The monoisotopic (exact) mass is 149 g/mol. The molecule has 0 unspecified atom stereocenters. The molecule has 1 aliphatic rings. The first kappa shape index (κ1) is 8.12. The summed E-state index contributed by atoms with van der Waals surface area (Å²) in [5.41, 5.74) is 1.29. The Labute approximate surface area is 68.7 Å². The van der Waals surface area contributed by atoms with Crippen molar-refractivity contribution in [2.24, 2.45) is 0 Å². The summed E-state index contributed by atoms with van der Waals surface area (Å²) in [5, 5.41) is 0. The van der Waals surface area contributed by atoms with Crippen LogP contribution in [0.15, 0.2) is 36.1 Å². The van der Waals surface area contributed by atoms with Crippen molar-refractivity contribution in [3.63, 3.8) is 0 Å². The molecule has 0 N–H and O–H groups in total. The molecule has 1 rings (SSSR count). The van der Waals surface area contributed by atoms with Crippen molar-refractivity contribution in [2.75, 3.05) is 13.6 Å². The Balaban J connectivity index is 2.57.